The Morgan fingerprint density at radius 1 is 1.04 bits per heavy atom. The molecule has 0 atom stereocenters. The van der Waals surface area contributed by atoms with Gasteiger partial charge in [-0.2, -0.15) is 0 Å². The number of carbonyl (C=O) groups excluding carboxylic acids is 1. The molecule has 26 heavy (non-hydrogen) atoms. The van der Waals surface area contributed by atoms with Gasteiger partial charge in [0.05, 0.1) is 0 Å². The third-order valence-electron chi connectivity index (χ3n) is 4.54. The van der Waals surface area contributed by atoms with Crippen molar-refractivity contribution in [2.45, 2.75) is 39.0 Å². The summed E-state index contributed by atoms with van der Waals surface area (Å²) in [6, 6.07) is 7.59. The lowest BCUT2D eigenvalue weighted by molar-refractivity contribution is -0.125. The standard InChI is InChI=1S/C19H26N6O/c1-14-9-10-20-18(13-14)23-17-8-7-16(24-25-17)21-11-12-22-19(26)15-5-3-2-4-6-15/h7-10,13,15H,2-6,11-12H2,1H3,(H,21,24)(H,22,26)(H,20,23,25). The van der Waals surface area contributed by atoms with Crippen LogP contribution in [0.3, 0.4) is 0 Å². The molecule has 3 N–H and O–H groups in total. The van der Waals surface area contributed by atoms with E-state index < -0.39 is 0 Å². The number of amides is 1. The molecule has 1 fully saturated rings. The molecule has 0 radical (unpaired) electrons. The van der Waals surface area contributed by atoms with Gasteiger partial charge in [0.2, 0.25) is 5.91 Å². The maximum Gasteiger partial charge on any atom is 0.223 e. The van der Waals surface area contributed by atoms with Crippen molar-refractivity contribution >= 4 is 23.4 Å². The first-order chi connectivity index (χ1) is 12.7. The first-order valence-electron chi connectivity index (χ1n) is 9.26. The highest BCUT2D eigenvalue weighted by atomic mass is 16.1. The number of nitrogens with one attached hydrogen (secondary N) is 3. The van der Waals surface area contributed by atoms with E-state index in [1.165, 1.54) is 19.3 Å². The zero-order valence-corrected chi connectivity index (χ0v) is 15.2. The highest BCUT2D eigenvalue weighted by Gasteiger charge is 2.20. The second-order valence-corrected chi connectivity index (χ2v) is 6.70. The lowest BCUT2D eigenvalue weighted by Crippen LogP contribution is -2.35. The summed E-state index contributed by atoms with van der Waals surface area (Å²) in [5.74, 6) is 2.44. The number of pyridine rings is 1. The van der Waals surface area contributed by atoms with Crippen molar-refractivity contribution in [1.29, 1.82) is 0 Å². The van der Waals surface area contributed by atoms with Crippen LogP contribution in [0.2, 0.25) is 0 Å². The van der Waals surface area contributed by atoms with Gasteiger partial charge >= 0.3 is 0 Å². The molecule has 0 unspecified atom stereocenters. The monoisotopic (exact) mass is 354 g/mol. The number of nitrogens with zero attached hydrogens (tertiary/aromatic N) is 3. The minimum atomic E-state index is 0.183. The lowest BCUT2D eigenvalue weighted by Gasteiger charge is -2.20. The van der Waals surface area contributed by atoms with E-state index in [1.807, 2.05) is 31.2 Å². The van der Waals surface area contributed by atoms with Crippen LogP contribution >= 0.6 is 0 Å². The van der Waals surface area contributed by atoms with E-state index in [0.717, 1.165) is 24.2 Å². The van der Waals surface area contributed by atoms with E-state index in [9.17, 15) is 4.79 Å². The average Bonchev–Trinajstić information content (AvgIpc) is 2.67. The van der Waals surface area contributed by atoms with Crippen molar-refractivity contribution in [2.75, 3.05) is 23.7 Å². The molecule has 7 nitrogen and oxygen atoms in total. The second kappa shape index (κ2) is 9.12. The molecule has 1 saturated carbocycles. The van der Waals surface area contributed by atoms with Crippen molar-refractivity contribution in [1.82, 2.24) is 20.5 Å². The van der Waals surface area contributed by atoms with E-state index in [0.29, 0.717) is 24.7 Å². The predicted molar refractivity (Wildman–Crippen MR) is 102 cm³/mol. The Morgan fingerprint density at radius 3 is 2.54 bits per heavy atom. The molecule has 1 aliphatic rings. The van der Waals surface area contributed by atoms with Gasteiger partial charge in [-0.1, -0.05) is 19.3 Å². The Labute approximate surface area is 154 Å². The summed E-state index contributed by atoms with van der Waals surface area (Å²) in [6.07, 6.45) is 7.40. The Balaban J connectivity index is 1.39. The van der Waals surface area contributed by atoms with Crippen LogP contribution in [0.5, 0.6) is 0 Å². The molecule has 2 heterocycles. The van der Waals surface area contributed by atoms with Crippen molar-refractivity contribution in [3.63, 3.8) is 0 Å². The Bertz CT molecular complexity index is 712. The maximum atomic E-state index is 12.1. The van der Waals surface area contributed by atoms with Crippen LogP contribution in [-0.4, -0.2) is 34.2 Å². The van der Waals surface area contributed by atoms with Crippen LogP contribution in [0.15, 0.2) is 30.5 Å². The van der Waals surface area contributed by atoms with Gasteiger partial charge < -0.3 is 16.0 Å². The smallest absolute Gasteiger partial charge is 0.223 e. The largest absolute Gasteiger partial charge is 0.367 e. The third kappa shape index (κ3) is 5.40. The fourth-order valence-corrected chi connectivity index (χ4v) is 3.11. The zero-order chi connectivity index (χ0) is 18.2. The molecule has 2 aromatic rings. The van der Waals surface area contributed by atoms with E-state index in [1.54, 1.807) is 6.20 Å². The topological polar surface area (TPSA) is 91.8 Å². The maximum absolute atomic E-state index is 12.1. The van der Waals surface area contributed by atoms with Gasteiger partial charge in [0.25, 0.3) is 0 Å². The fourth-order valence-electron chi connectivity index (χ4n) is 3.11. The predicted octanol–water partition coefficient (Wildman–Crippen LogP) is 3.03. The van der Waals surface area contributed by atoms with Crippen LogP contribution in [0.1, 0.15) is 37.7 Å². The van der Waals surface area contributed by atoms with Crippen molar-refractivity contribution < 1.29 is 4.79 Å². The molecule has 0 aliphatic heterocycles. The molecule has 1 aliphatic carbocycles. The normalized spacial score (nSPS) is 14.7. The summed E-state index contributed by atoms with van der Waals surface area (Å²) in [4.78, 5) is 16.3. The van der Waals surface area contributed by atoms with Crippen LogP contribution in [-0.2, 0) is 4.79 Å². The second-order valence-electron chi connectivity index (χ2n) is 6.70. The Morgan fingerprint density at radius 2 is 1.81 bits per heavy atom. The molecule has 0 bridgehead atoms. The quantitative estimate of drug-likeness (QED) is 0.662. The van der Waals surface area contributed by atoms with Gasteiger partial charge in [0.1, 0.15) is 11.6 Å². The van der Waals surface area contributed by atoms with Gasteiger partial charge in [-0.3, -0.25) is 4.79 Å². The highest BCUT2D eigenvalue weighted by Crippen LogP contribution is 2.23. The number of rotatable bonds is 7. The van der Waals surface area contributed by atoms with Gasteiger partial charge in [-0.25, -0.2) is 4.98 Å². The number of anilines is 3. The summed E-state index contributed by atoms with van der Waals surface area (Å²) in [7, 11) is 0. The summed E-state index contributed by atoms with van der Waals surface area (Å²) in [5, 5.41) is 17.6. The molecular formula is C19H26N6O. The zero-order valence-electron chi connectivity index (χ0n) is 15.2. The lowest BCUT2D eigenvalue weighted by atomic mass is 9.89. The van der Waals surface area contributed by atoms with Crippen molar-refractivity contribution in [3.8, 4) is 0 Å². The van der Waals surface area contributed by atoms with Crippen LogP contribution in [0, 0.1) is 12.8 Å². The number of hydrogen-bond donors (Lipinski definition) is 3. The van der Waals surface area contributed by atoms with Gasteiger partial charge in [0.15, 0.2) is 5.82 Å². The van der Waals surface area contributed by atoms with E-state index in [2.05, 4.69) is 31.1 Å². The minimum Gasteiger partial charge on any atom is -0.367 e. The van der Waals surface area contributed by atoms with E-state index in [-0.39, 0.29) is 11.8 Å². The van der Waals surface area contributed by atoms with Crippen LogP contribution < -0.4 is 16.0 Å². The molecule has 0 saturated heterocycles. The van der Waals surface area contributed by atoms with E-state index >= 15 is 0 Å². The summed E-state index contributed by atoms with van der Waals surface area (Å²) >= 11 is 0. The van der Waals surface area contributed by atoms with E-state index in [4.69, 9.17) is 0 Å². The van der Waals surface area contributed by atoms with Gasteiger partial charge in [-0.05, 0) is 49.6 Å². The van der Waals surface area contributed by atoms with Crippen LogP contribution in [0.25, 0.3) is 0 Å². The third-order valence-corrected chi connectivity index (χ3v) is 4.54. The summed E-state index contributed by atoms with van der Waals surface area (Å²) in [5.41, 5.74) is 1.13. The molecule has 1 amide bonds. The SMILES string of the molecule is Cc1ccnc(Nc2ccc(NCCNC(=O)C3CCCCC3)nn2)c1. The summed E-state index contributed by atoms with van der Waals surface area (Å²) < 4.78 is 0. The molecule has 3 rings (SSSR count). The molecule has 7 heteroatoms. The molecular weight excluding hydrogens is 328 g/mol. The van der Waals surface area contributed by atoms with Crippen molar-refractivity contribution in [3.05, 3.63) is 36.0 Å². The number of aryl methyl sites for hydroxylation is 1. The minimum absolute atomic E-state index is 0.183. The number of carbonyl (C=O) groups is 1. The highest BCUT2D eigenvalue weighted by molar-refractivity contribution is 5.78. The Kier molecular flexibility index (Phi) is 6.35. The molecule has 138 valence electrons. The fraction of sp³-hybridized carbons (Fsp3) is 0.474. The molecule has 2 aromatic heterocycles. The molecule has 0 aromatic carbocycles. The van der Waals surface area contributed by atoms with Crippen LogP contribution in [0.4, 0.5) is 17.5 Å². The number of aromatic nitrogens is 3. The molecule has 0 spiro atoms. The van der Waals surface area contributed by atoms with Gasteiger partial charge in [-0.15, -0.1) is 10.2 Å². The summed E-state index contributed by atoms with van der Waals surface area (Å²) in [6.45, 7) is 3.22. The first kappa shape index (κ1) is 18.1. The Hall–Kier alpha value is -2.70. The average molecular weight is 354 g/mol. The number of hydrogen-bond acceptors (Lipinski definition) is 6. The van der Waals surface area contributed by atoms with Crippen molar-refractivity contribution in [2.24, 2.45) is 5.92 Å². The first-order valence-corrected chi connectivity index (χ1v) is 9.26. The van der Waals surface area contributed by atoms with Gasteiger partial charge in [0, 0.05) is 25.2 Å².